The molecule has 3 atom stereocenters. The number of carbonyl (C=O) groups excluding carboxylic acids is 1. The van der Waals surface area contributed by atoms with Gasteiger partial charge >= 0.3 is 0 Å². The molecule has 3 heterocycles. The number of benzene rings is 1. The summed E-state index contributed by atoms with van der Waals surface area (Å²) >= 11 is 0. The molecule has 3 unspecified atom stereocenters. The van der Waals surface area contributed by atoms with Crippen LogP contribution in [-0.2, 0) is 22.5 Å². The van der Waals surface area contributed by atoms with Crippen LogP contribution in [0.2, 0.25) is 0 Å². The Kier molecular flexibility index (Phi) is 3.19. The van der Waals surface area contributed by atoms with Crippen molar-refractivity contribution in [2.45, 2.75) is 44.4 Å². The predicted molar refractivity (Wildman–Crippen MR) is 76.4 cm³/mol. The minimum Gasteiger partial charge on any atom is -0.374 e. The van der Waals surface area contributed by atoms with E-state index in [4.69, 9.17) is 4.74 Å². The highest BCUT2D eigenvalue weighted by Gasteiger charge is 2.44. The van der Waals surface area contributed by atoms with E-state index in [2.05, 4.69) is 10.6 Å². The van der Waals surface area contributed by atoms with Crippen molar-refractivity contribution in [1.82, 2.24) is 5.32 Å². The first-order valence-corrected chi connectivity index (χ1v) is 7.69. The van der Waals surface area contributed by atoms with Crippen LogP contribution >= 0.6 is 0 Å². The number of carbonyl (C=O) groups is 1. The van der Waals surface area contributed by atoms with E-state index in [9.17, 15) is 9.18 Å². The summed E-state index contributed by atoms with van der Waals surface area (Å²) in [6.45, 7) is 1.47. The maximum Gasteiger partial charge on any atom is 0.230 e. The third-order valence-corrected chi connectivity index (χ3v) is 4.91. The van der Waals surface area contributed by atoms with Crippen LogP contribution in [0.3, 0.4) is 0 Å². The number of halogens is 1. The summed E-state index contributed by atoms with van der Waals surface area (Å²) in [5.74, 6) is -0.498. The molecule has 2 N–H and O–H groups in total. The van der Waals surface area contributed by atoms with Gasteiger partial charge in [-0.05, 0) is 49.4 Å². The molecule has 1 aromatic rings. The molecule has 2 fully saturated rings. The molecule has 2 saturated heterocycles. The summed E-state index contributed by atoms with van der Waals surface area (Å²) in [7, 11) is 0. The van der Waals surface area contributed by atoms with E-state index in [1.807, 2.05) is 6.07 Å². The van der Waals surface area contributed by atoms with Crippen LogP contribution in [0.5, 0.6) is 0 Å². The first kappa shape index (κ1) is 13.2. The summed E-state index contributed by atoms with van der Waals surface area (Å²) in [5, 5.41) is 5.99. The molecule has 4 nitrogen and oxygen atoms in total. The Morgan fingerprint density at radius 1 is 1.38 bits per heavy atom. The molecular weight excluding hydrogens is 271 g/mol. The number of hydrogen-bond donors (Lipinski definition) is 2. The van der Waals surface area contributed by atoms with Crippen molar-refractivity contribution >= 4 is 11.6 Å². The van der Waals surface area contributed by atoms with Crippen LogP contribution in [0, 0.1) is 11.7 Å². The highest BCUT2D eigenvalue weighted by molar-refractivity contribution is 5.93. The molecule has 112 valence electrons. The van der Waals surface area contributed by atoms with Crippen molar-refractivity contribution in [3.05, 3.63) is 29.1 Å². The van der Waals surface area contributed by atoms with Gasteiger partial charge in [0.05, 0.1) is 23.8 Å². The molecule has 21 heavy (non-hydrogen) atoms. The van der Waals surface area contributed by atoms with Crippen LogP contribution in [0.25, 0.3) is 0 Å². The van der Waals surface area contributed by atoms with E-state index in [1.165, 1.54) is 0 Å². The van der Waals surface area contributed by atoms with Crippen molar-refractivity contribution in [2.24, 2.45) is 5.92 Å². The van der Waals surface area contributed by atoms with Crippen LogP contribution in [0.15, 0.2) is 12.1 Å². The third kappa shape index (κ3) is 2.24. The lowest BCUT2D eigenvalue weighted by Crippen LogP contribution is -2.31. The minimum atomic E-state index is -0.272. The molecule has 0 aliphatic carbocycles. The maximum atomic E-state index is 14.5. The van der Waals surface area contributed by atoms with Gasteiger partial charge in [-0.3, -0.25) is 4.79 Å². The van der Waals surface area contributed by atoms with Gasteiger partial charge in [0, 0.05) is 6.54 Å². The van der Waals surface area contributed by atoms with E-state index in [0.717, 1.165) is 36.9 Å². The van der Waals surface area contributed by atoms with Crippen LogP contribution in [0.4, 0.5) is 10.1 Å². The largest absolute Gasteiger partial charge is 0.374 e. The standard InChI is InChI=1S/C16H19FN2O2/c17-15-11-5-6-18-8-9(11)1-3-13(15)19-16(20)12-7-10-2-4-14(12)21-10/h1,3,10,12,14,18H,2,4-8H2,(H,19,20). The molecule has 1 amide bonds. The average molecular weight is 290 g/mol. The number of anilines is 1. The van der Waals surface area contributed by atoms with Gasteiger partial charge in [0.15, 0.2) is 0 Å². The topological polar surface area (TPSA) is 50.4 Å². The van der Waals surface area contributed by atoms with Crippen LogP contribution in [0.1, 0.15) is 30.4 Å². The summed E-state index contributed by atoms with van der Waals surface area (Å²) in [6.07, 6.45) is 3.69. The quantitative estimate of drug-likeness (QED) is 0.875. The van der Waals surface area contributed by atoms with E-state index >= 15 is 0 Å². The second kappa shape index (κ2) is 5.07. The lowest BCUT2D eigenvalue weighted by atomic mass is 9.88. The molecule has 3 aliphatic rings. The number of hydrogen-bond acceptors (Lipinski definition) is 3. The number of ether oxygens (including phenoxy) is 1. The highest BCUT2D eigenvalue weighted by atomic mass is 19.1. The van der Waals surface area contributed by atoms with Crippen molar-refractivity contribution in [2.75, 3.05) is 11.9 Å². The molecular formula is C16H19FN2O2. The van der Waals surface area contributed by atoms with E-state index in [-0.39, 0.29) is 29.9 Å². The highest BCUT2D eigenvalue weighted by Crippen LogP contribution is 2.39. The van der Waals surface area contributed by atoms with Crippen molar-refractivity contribution < 1.29 is 13.9 Å². The van der Waals surface area contributed by atoms with Crippen molar-refractivity contribution in [3.8, 4) is 0 Å². The monoisotopic (exact) mass is 290 g/mol. The first-order valence-electron chi connectivity index (χ1n) is 7.69. The zero-order valence-electron chi connectivity index (χ0n) is 11.8. The zero-order chi connectivity index (χ0) is 14.4. The smallest absolute Gasteiger partial charge is 0.230 e. The maximum absolute atomic E-state index is 14.5. The van der Waals surface area contributed by atoms with Gasteiger partial charge in [-0.2, -0.15) is 0 Å². The Balaban J connectivity index is 1.53. The number of nitrogens with one attached hydrogen (secondary N) is 2. The molecule has 0 saturated carbocycles. The molecule has 1 aromatic carbocycles. The number of rotatable bonds is 2. The molecule has 3 aliphatic heterocycles. The van der Waals surface area contributed by atoms with Gasteiger partial charge in [-0.25, -0.2) is 4.39 Å². The van der Waals surface area contributed by atoms with Gasteiger partial charge in [0.25, 0.3) is 0 Å². The number of amides is 1. The molecule has 0 aromatic heterocycles. The lowest BCUT2D eigenvalue weighted by Gasteiger charge is -2.21. The third-order valence-electron chi connectivity index (χ3n) is 4.91. The first-order chi connectivity index (χ1) is 10.2. The summed E-state index contributed by atoms with van der Waals surface area (Å²) in [5.41, 5.74) is 2.03. The Morgan fingerprint density at radius 2 is 2.29 bits per heavy atom. The van der Waals surface area contributed by atoms with Crippen molar-refractivity contribution in [3.63, 3.8) is 0 Å². The molecule has 0 radical (unpaired) electrons. The van der Waals surface area contributed by atoms with Crippen molar-refractivity contribution in [1.29, 1.82) is 0 Å². The summed E-state index contributed by atoms with van der Waals surface area (Å²) in [6, 6.07) is 3.57. The fraction of sp³-hybridized carbons (Fsp3) is 0.562. The van der Waals surface area contributed by atoms with Crippen LogP contribution < -0.4 is 10.6 Å². The lowest BCUT2D eigenvalue weighted by molar-refractivity contribution is -0.121. The van der Waals surface area contributed by atoms with Gasteiger partial charge < -0.3 is 15.4 Å². The number of fused-ring (bicyclic) bond motifs is 3. The molecule has 2 bridgehead atoms. The Bertz CT molecular complexity index is 590. The fourth-order valence-corrected chi connectivity index (χ4v) is 3.77. The Morgan fingerprint density at radius 3 is 3.05 bits per heavy atom. The summed E-state index contributed by atoms with van der Waals surface area (Å²) < 4.78 is 20.2. The van der Waals surface area contributed by atoms with E-state index < -0.39 is 0 Å². The minimum absolute atomic E-state index is 0.0277. The molecule has 4 rings (SSSR count). The van der Waals surface area contributed by atoms with E-state index in [0.29, 0.717) is 18.7 Å². The zero-order valence-corrected chi connectivity index (χ0v) is 11.8. The Labute approximate surface area is 123 Å². The van der Waals surface area contributed by atoms with Crippen LogP contribution in [-0.4, -0.2) is 24.7 Å². The van der Waals surface area contributed by atoms with Gasteiger partial charge in [0.1, 0.15) is 5.82 Å². The van der Waals surface area contributed by atoms with Gasteiger partial charge in [-0.15, -0.1) is 0 Å². The molecule has 0 spiro atoms. The second-order valence-corrected chi connectivity index (χ2v) is 6.20. The Hall–Kier alpha value is -1.46. The van der Waals surface area contributed by atoms with Gasteiger partial charge in [-0.1, -0.05) is 6.07 Å². The van der Waals surface area contributed by atoms with Gasteiger partial charge in [0.2, 0.25) is 5.91 Å². The fourth-order valence-electron chi connectivity index (χ4n) is 3.77. The average Bonchev–Trinajstić information content (AvgIpc) is 3.13. The SMILES string of the molecule is O=C(Nc1ccc2c(c1F)CCNC2)C1CC2CCC1O2. The van der Waals surface area contributed by atoms with E-state index in [1.54, 1.807) is 6.07 Å². The predicted octanol–water partition coefficient (Wildman–Crippen LogP) is 1.98. The molecule has 5 heteroatoms. The normalized spacial score (nSPS) is 30.2. The summed E-state index contributed by atoms with van der Waals surface area (Å²) in [4.78, 5) is 12.4. The second-order valence-electron chi connectivity index (χ2n) is 6.20.